The number of aryl methyl sites for hydroxylation is 1. The topological polar surface area (TPSA) is 118 Å². The number of amides is 1. The van der Waals surface area contributed by atoms with Crippen molar-refractivity contribution in [3.8, 4) is 11.6 Å². The van der Waals surface area contributed by atoms with E-state index >= 15 is 0 Å². The quantitative estimate of drug-likeness (QED) is 0.804. The predicted molar refractivity (Wildman–Crippen MR) is 65.6 cm³/mol. The van der Waals surface area contributed by atoms with E-state index in [1.165, 1.54) is 13.2 Å². The molecule has 0 aromatic carbocycles. The molecule has 0 saturated carbocycles. The lowest BCUT2D eigenvalue weighted by Gasteiger charge is -2.07. The zero-order valence-electron chi connectivity index (χ0n) is 10.7. The maximum atomic E-state index is 11.5. The minimum atomic E-state index is -1.09. The highest BCUT2D eigenvalue weighted by Crippen LogP contribution is 2.16. The summed E-state index contributed by atoms with van der Waals surface area (Å²) in [4.78, 5) is 26.1. The number of carboxylic acid groups (broad SMARTS) is 1. The van der Waals surface area contributed by atoms with Crippen LogP contribution >= 0.6 is 0 Å². The van der Waals surface area contributed by atoms with Gasteiger partial charge < -0.3 is 19.4 Å². The Morgan fingerprint density at radius 2 is 2.30 bits per heavy atom. The highest BCUT2D eigenvalue weighted by Gasteiger charge is 2.16. The molecule has 2 aromatic heterocycles. The summed E-state index contributed by atoms with van der Waals surface area (Å²) in [5.74, 6) is -0.406. The Bertz CT molecular complexity index is 590. The van der Waals surface area contributed by atoms with Gasteiger partial charge in [0.1, 0.15) is 6.04 Å². The zero-order chi connectivity index (χ0) is 14.5. The maximum Gasteiger partial charge on any atom is 0.325 e. The van der Waals surface area contributed by atoms with Gasteiger partial charge in [0.25, 0.3) is 0 Å². The molecule has 1 amide bonds. The molecular formula is C12H13N3O5. The van der Waals surface area contributed by atoms with Gasteiger partial charge in [-0.2, -0.15) is 4.98 Å². The summed E-state index contributed by atoms with van der Waals surface area (Å²) in [6.07, 6.45) is 1.79. The number of hydrogen-bond donors (Lipinski definition) is 2. The van der Waals surface area contributed by atoms with E-state index in [9.17, 15) is 9.59 Å². The van der Waals surface area contributed by atoms with E-state index in [0.29, 0.717) is 11.6 Å². The number of carbonyl (C=O) groups excluding carboxylic acids is 1. The first-order valence-corrected chi connectivity index (χ1v) is 5.95. The normalized spacial score (nSPS) is 12.1. The van der Waals surface area contributed by atoms with Crippen LogP contribution in [0.1, 0.15) is 19.2 Å². The monoisotopic (exact) mass is 279 g/mol. The zero-order valence-corrected chi connectivity index (χ0v) is 10.7. The van der Waals surface area contributed by atoms with Gasteiger partial charge in [0.05, 0.1) is 6.26 Å². The maximum absolute atomic E-state index is 11.5. The Kier molecular flexibility index (Phi) is 4.14. The Labute approximate surface area is 113 Å². The van der Waals surface area contributed by atoms with Gasteiger partial charge in [-0.1, -0.05) is 5.16 Å². The van der Waals surface area contributed by atoms with Crippen molar-refractivity contribution in [1.82, 2.24) is 15.5 Å². The van der Waals surface area contributed by atoms with Gasteiger partial charge in [0.15, 0.2) is 5.76 Å². The van der Waals surface area contributed by atoms with E-state index in [1.807, 2.05) is 0 Å². The highest BCUT2D eigenvalue weighted by molar-refractivity contribution is 5.83. The minimum Gasteiger partial charge on any atom is -0.480 e. The molecule has 2 rings (SSSR count). The van der Waals surface area contributed by atoms with E-state index < -0.39 is 17.9 Å². The number of rotatable bonds is 6. The van der Waals surface area contributed by atoms with Crippen molar-refractivity contribution in [3.05, 3.63) is 24.3 Å². The van der Waals surface area contributed by atoms with Crippen LogP contribution in [-0.4, -0.2) is 33.2 Å². The SMILES string of the molecule is C[C@H](NC(=O)CCc1nc(-c2ccco2)no1)C(=O)O. The molecule has 2 aromatic rings. The van der Waals surface area contributed by atoms with Crippen LogP contribution in [0.15, 0.2) is 27.3 Å². The van der Waals surface area contributed by atoms with Crippen LogP contribution in [0.4, 0.5) is 0 Å². The van der Waals surface area contributed by atoms with Gasteiger partial charge in [0.2, 0.25) is 17.6 Å². The van der Waals surface area contributed by atoms with Crippen LogP contribution in [-0.2, 0) is 16.0 Å². The van der Waals surface area contributed by atoms with Crippen molar-refractivity contribution in [1.29, 1.82) is 0 Å². The van der Waals surface area contributed by atoms with Crippen LogP contribution in [0.5, 0.6) is 0 Å². The summed E-state index contributed by atoms with van der Waals surface area (Å²) in [7, 11) is 0. The fourth-order valence-corrected chi connectivity index (χ4v) is 1.46. The van der Waals surface area contributed by atoms with E-state index in [2.05, 4.69) is 15.5 Å². The number of nitrogens with one attached hydrogen (secondary N) is 1. The molecule has 0 unspecified atom stereocenters. The van der Waals surface area contributed by atoms with Gasteiger partial charge in [-0.05, 0) is 19.1 Å². The Morgan fingerprint density at radius 1 is 1.50 bits per heavy atom. The number of aromatic nitrogens is 2. The standard InChI is InChI=1S/C12H13N3O5/c1-7(12(17)18)13-9(16)4-5-10-14-11(15-20-10)8-3-2-6-19-8/h2-3,6-7H,4-5H2,1H3,(H,13,16)(H,17,18)/t7-/m0/s1. The molecule has 0 aliphatic heterocycles. The third kappa shape index (κ3) is 3.44. The van der Waals surface area contributed by atoms with Crippen molar-refractivity contribution in [3.63, 3.8) is 0 Å². The summed E-state index contributed by atoms with van der Waals surface area (Å²) in [6.45, 7) is 1.39. The Balaban J connectivity index is 1.86. The van der Waals surface area contributed by atoms with Gasteiger partial charge in [-0.3, -0.25) is 9.59 Å². The largest absolute Gasteiger partial charge is 0.480 e. The predicted octanol–water partition coefficient (Wildman–Crippen LogP) is 0.851. The summed E-state index contributed by atoms with van der Waals surface area (Å²) >= 11 is 0. The van der Waals surface area contributed by atoms with Crippen molar-refractivity contribution in [2.45, 2.75) is 25.8 Å². The number of carboxylic acids is 1. The number of hydrogen-bond acceptors (Lipinski definition) is 6. The van der Waals surface area contributed by atoms with E-state index in [-0.39, 0.29) is 18.7 Å². The van der Waals surface area contributed by atoms with Crippen LogP contribution < -0.4 is 5.32 Å². The summed E-state index contributed by atoms with van der Waals surface area (Å²) in [6, 6.07) is 2.46. The molecule has 0 spiro atoms. The lowest BCUT2D eigenvalue weighted by atomic mass is 10.2. The second-order valence-electron chi connectivity index (χ2n) is 4.12. The number of aliphatic carboxylic acids is 1. The molecule has 8 heteroatoms. The molecule has 2 heterocycles. The third-order valence-electron chi connectivity index (χ3n) is 2.52. The van der Waals surface area contributed by atoms with E-state index in [0.717, 1.165) is 0 Å². The molecule has 0 radical (unpaired) electrons. The first kappa shape index (κ1) is 13.8. The first-order valence-electron chi connectivity index (χ1n) is 5.95. The Morgan fingerprint density at radius 3 is 2.95 bits per heavy atom. The molecule has 0 fully saturated rings. The average Bonchev–Trinajstić information content (AvgIpc) is 3.07. The first-order chi connectivity index (χ1) is 9.56. The lowest BCUT2D eigenvalue weighted by molar-refractivity contribution is -0.141. The molecule has 20 heavy (non-hydrogen) atoms. The summed E-state index contributed by atoms with van der Waals surface area (Å²) < 4.78 is 10.1. The molecule has 0 saturated heterocycles. The Hall–Kier alpha value is -2.64. The number of nitrogens with zero attached hydrogens (tertiary/aromatic N) is 2. The average molecular weight is 279 g/mol. The van der Waals surface area contributed by atoms with E-state index in [4.69, 9.17) is 14.0 Å². The van der Waals surface area contributed by atoms with E-state index in [1.54, 1.807) is 12.1 Å². The molecule has 2 N–H and O–H groups in total. The second-order valence-corrected chi connectivity index (χ2v) is 4.12. The number of furan rings is 1. The van der Waals surface area contributed by atoms with Crippen LogP contribution in [0.3, 0.4) is 0 Å². The number of carbonyl (C=O) groups is 2. The minimum absolute atomic E-state index is 0.0669. The van der Waals surface area contributed by atoms with Crippen LogP contribution in [0.2, 0.25) is 0 Å². The van der Waals surface area contributed by atoms with Gasteiger partial charge in [-0.15, -0.1) is 0 Å². The molecule has 0 aliphatic rings. The third-order valence-corrected chi connectivity index (χ3v) is 2.52. The molecule has 106 valence electrons. The second kappa shape index (κ2) is 6.00. The summed E-state index contributed by atoms with van der Waals surface area (Å²) in [5, 5.41) is 14.7. The molecule has 1 atom stereocenters. The van der Waals surface area contributed by atoms with Crippen LogP contribution in [0, 0.1) is 0 Å². The van der Waals surface area contributed by atoms with Gasteiger partial charge in [0, 0.05) is 12.8 Å². The van der Waals surface area contributed by atoms with Crippen LogP contribution in [0.25, 0.3) is 11.6 Å². The van der Waals surface area contributed by atoms with Gasteiger partial charge in [-0.25, -0.2) is 0 Å². The molecule has 8 nitrogen and oxygen atoms in total. The highest BCUT2D eigenvalue weighted by atomic mass is 16.5. The molecular weight excluding hydrogens is 266 g/mol. The fraction of sp³-hybridized carbons (Fsp3) is 0.333. The molecule has 0 aliphatic carbocycles. The molecule has 0 bridgehead atoms. The smallest absolute Gasteiger partial charge is 0.325 e. The van der Waals surface area contributed by atoms with Crippen molar-refractivity contribution >= 4 is 11.9 Å². The lowest BCUT2D eigenvalue weighted by Crippen LogP contribution is -2.38. The van der Waals surface area contributed by atoms with Crippen molar-refractivity contribution < 1.29 is 23.6 Å². The summed E-state index contributed by atoms with van der Waals surface area (Å²) in [5.41, 5.74) is 0. The van der Waals surface area contributed by atoms with Crippen molar-refractivity contribution in [2.24, 2.45) is 0 Å². The van der Waals surface area contributed by atoms with Crippen molar-refractivity contribution in [2.75, 3.05) is 0 Å². The fourth-order valence-electron chi connectivity index (χ4n) is 1.46. The van der Waals surface area contributed by atoms with Gasteiger partial charge >= 0.3 is 5.97 Å².